The molecule has 0 amide bonds. The summed E-state index contributed by atoms with van der Waals surface area (Å²) < 4.78 is 1.15. The fourth-order valence-corrected chi connectivity index (χ4v) is 3.33. The van der Waals surface area contributed by atoms with Gasteiger partial charge in [-0.3, -0.25) is 0 Å². The monoisotopic (exact) mass is 422 g/mol. The lowest BCUT2D eigenvalue weighted by Gasteiger charge is -2.15. The molecule has 0 radical (unpaired) electrons. The number of nitrogens with zero attached hydrogens (tertiary/aromatic N) is 4. The van der Waals surface area contributed by atoms with Crippen LogP contribution in [0.5, 0.6) is 0 Å². The maximum Gasteiger partial charge on any atom is 0.242 e. The van der Waals surface area contributed by atoms with Gasteiger partial charge in [0.25, 0.3) is 0 Å². The second-order valence-corrected chi connectivity index (χ2v) is 7.58. The van der Waals surface area contributed by atoms with Crippen LogP contribution >= 0.6 is 22.6 Å². The third kappa shape index (κ3) is 3.88. The zero-order valence-electron chi connectivity index (χ0n) is 12.7. The smallest absolute Gasteiger partial charge is 0.242 e. The van der Waals surface area contributed by atoms with Gasteiger partial charge in [0.1, 0.15) is 5.82 Å². The van der Waals surface area contributed by atoms with Crippen molar-refractivity contribution in [2.75, 3.05) is 10.6 Å². The van der Waals surface area contributed by atoms with Gasteiger partial charge in [0.15, 0.2) is 0 Å². The lowest BCUT2D eigenvalue weighted by atomic mass is 10.2. The number of aromatic nitrogens is 4. The second kappa shape index (κ2) is 6.54. The van der Waals surface area contributed by atoms with E-state index in [0.29, 0.717) is 23.9 Å². The molecule has 4 rings (SSSR count). The summed E-state index contributed by atoms with van der Waals surface area (Å²) in [7, 11) is 0. The van der Waals surface area contributed by atoms with Gasteiger partial charge in [-0.2, -0.15) is 0 Å². The summed E-state index contributed by atoms with van der Waals surface area (Å²) in [5.74, 6) is 2.20. The lowest BCUT2D eigenvalue weighted by molar-refractivity contribution is 0.711. The minimum absolute atomic E-state index is 0.393. The first kappa shape index (κ1) is 15.0. The summed E-state index contributed by atoms with van der Waals surface area (Å²) in [4.78, 5) is 8.81. The Morgan fingerprint density at radius 3 is 2.39 bits per heavy atom. The number of hydrogen-bond donors (Lipinski definition) is 2. The zero-order valence-corrected chi connectivity index (χ0v) is 14.9. The van der Waals surface area contributed by atoms with Gasteiger partial charge in [0.2, 0.25) is 5.95 Å². The molecule has 120 valence electrons. The van der Waals surface area contributed by atoms with Crippen LogP contribution in [-0.2, 0) is 0 Å². The summed E-state index contributed by atoms with van der Waals surface area (Å²) in [6.45, 7) is 0. The Morgan fingerprint density at radius 1 is 0.913 bits per heavy atom. The zero-order chi connectivity index (χ0) is 15.6. The molecule has 0 bridgehead atoms. The molecule has 2 fully saturated rings. The predicted octanol–water partition coefficient (Wildman–Crippen LogP) is 3.19. The van der Waals surface area contributed by atoms with E-state index in [9.17, 15) is 0 Å². The van der Waals surface area contributed by atoms with Crippen molar-refractivity contribution in [3.05, 3.63) is 33.8 Å². The van der Waals surface area contributed by atoms with Crippen LogP contribution in [0.1, 0.15) is 43.7 Å². The van der Waals surface area contributed by atoms with E-state index in [0.717, 1.165) is 34.3 Å². The van der Waals surface area contributed by atoms with Crippen LogP contribution in [0.25, 0.3) is 0 Å². The van der Waals surface area contributed by atoms with Crippen molar-refractivity contribution in [1.82, 2.24) is 20.2 Å². The molecule has 2 aromatic heterocycles. The number of nitrogens with one attached hydrogen (secondary N) is 2. The van der Waals surface area contributed by atoms with Gasteiger partial charge < -0.3 is 10.6 Å². The van der Waals surface area contributed by atoms with Crippen molar-refractivity contribution in [2.24, 2.45) is 0 Å². The van der Waals surface area contributed by atoms with Gasteiger partial charge in [0.05, 0.1) is 11.9 Å². The Bertz CT molecular complexity index is 655. The molecule has 23 heavy (non-hydrogen) atoms. The Hall–Kier alpha value is -1.51. The summed E-state index contributed by atoms with van der Waals surface area (Å²) in [6, 6.07) is 4.94. The molecule has 2 saturated carbocycles. The normalized spacial score (nSPS) is 23.7. The van der Waals surface area contributed by atoms with Gasteiger partial charge in [-0.1, -0.05) is 0 Å². The molecule has 2 aliphatic carbocycles. The first-order valence-corrected chi connectivity index (χ1v) is 9.18. The average molecular weight is 422 g/mol. The summed E-state index contributed by atoms with van der Waals surface area (Å²) >= 11 is 2.27. The van der Waals surface area contributed by atoms with Crippen LogP contribution in [0.2, 0.25) is 0 Å². The molecule has 2 N–H and O–H groups in total. The standard InChI is InChI=1S/C16H19IN6/c17-11-3-6-15(18-8-11)20-12-4-5-13(7-12)21-16-19-9-14(22-23-16)10-1-2-10/h3,6,8-10,12-13H,1-2,4-5,7H2,(H,18,20)(H,19,21,23). The van der Waals surface area contributed by atoms with Gasteiger partial charge in [-0.15, -0.1) is 10.2 Å². The summed E-state index contributed by atoms with van der Waals surface area (Å²) in [5.41, 5.74) is 1.03. The molecular formula is C16H19IN6. The van der Waals surface area contributed by atoms with Gasteiger partial charge >= 0.3 is 0 Å². The lowest BCUT2D eigenvalue weighted by Crippen LogP contribution is -2.22. The van der Waals surface area contributed by atoms with Crippen LogP contribution in [0, 0.1) is 3.57 Å². The van der Waals surface area contributed by atoms with E-state index in [-0.39, 0.29) is 0 Å². The van der Waals surface area contributed by atoms with Gasteiger partial charge in [0, 0.05) is 27.8 Å². The van der Waals surface area contributed by atoms with Crippen LogP contribution in [0.15, 0.2) is 24.5 Å². The minimum Gasteiger partial charge on any atom is -0.367 e. The van der Waals surface area contributed by atoms with Crippen LogP contribution in [0.4, 0.5) is 11.8 Å². The van der Waals surface area contributed by atoms with Gasteiger partial charge in [-0.05, 0) is 66.8 Å². The first-order valence-electron chi connectivity index (χ1n) is 8.10. The van der Waals surface area contributed by atoms with E-state index in [1.54, 1.807) is 0 Å². The highest BCUT2D eigenvalue weighted by molar-refractivity contribution is 14.1. The average Bonchev–Trinajstić information content (AvgIpc) is 3.32. The third-order valence-corrected chi connectivity index (χ3v) is 5.06. The van der Waals surface area contributed by atoms with E-state index in [1.807, 2.05) is 18.5 Å². The molecule has 2 atom stereocenters. The highest BCUT2D eigenvalue weighted by Gasteiger charge is 2.27. The summed E-state index contributed by atoms with van der Waals surface area (Å²) in [5, 5.41) is 15.4. The SMILES string of the molecule is Ic1ccc(NC2CCC(Nc3ncc(C4CC4)nn3)C2)nc1. The molecule has 0 spiro atoms. The van der Waals surface area contributed by atoms with E-state index in [2.05, 4.69) is 59.5 Å². The number of anilines is 2. The van der Waals surface area contributed by atoms with Crippen LogP contribution in [-0.4, -0.2) is 32.2 Å². The fraction of sp³-hybridized carbons (Fsp3) is 0.500. The first-order chi connectivity index (χ1) is 11.3. The molecule has 2 unspecified atom stereocenters. The number of pyridine rings is 1. The number of hydrogen-bond acceptors (Lipinski definition) is 6. The Balaban J connectivity index is 1.30. The number of halogens is 1. The number of rotatable bonds is 5. The molecule has 0 saturated heterocycles. The van der Waals surface area contributed by atoms with Crippen molar-refractivity contribution in [1.29, 1.82) is 0 Å². The Labute approximate surface area is 149 Å². The van der Waals surface area contributed by atoms with Crippen LogP contribution < -0.4 is 10.6 Å². The maximum atomic E-state index is 4.41. The van der Waals surface area contributed by atoms with Crippen molar-refractivity contribution < 1.29 is 0 Å². The van der Waals surface area contributed by atoms with E-state index in [4.69, 9.17) is 0 Å². The van der Waals surface area contributed by atoms with Crippen molar-refractivity contribution in [3.63, 3.8) is 0 Å². The highest BCUT2D eigenvalue weighted by atomic mass is 127. The second-order valence-electron chi connectivity index (χ2n) is 6.34. The quantitative estimate of drug-likeness (QED) is 0.721. The van der Waals surface area contributed by atoms with Gasteiger partial charge in [-0.25, -0.2) is 9.97 Å². The molecule has 6 nitrogen and oxygen atoms in total. The molecule has 0 aliphatic heterocycles. The van der Waals surface area contributed by atoms with Crippen molar-refractivity contribution in [2.45, 2.75) is 50.1 Å². The van der Waals surface area contributed by atoms with E-state index in [1.165, 1.54) is 12.8 Å². The molecule has 2 heterocycles. The van der Waals surface area contributed by atoms with Crippen molar-refractivity contribution in [3.8, 4) is 0 Å². The topological polar surface area (TPSA) is 75.6 Å². The molecule has 7 heteroatoms. The van der Waals surface area contributed by atoms with E-state index < -0.39 is 0 Å². The highest BCUT2D eigenvalue weighted by Crippen LogP contribution is 2.38. The largest absolute Gasteiger partial charge is 0.367 e. The van der Waals surface area contributed by atoms with Crippen molar-refractivity contribution >= 4 is 34.4 Å². The van der Waals surface area contributed by atoms with E-state index >= 15 is 0 Å². The Morgan fingerprint density at radius 2 is 1.74 bits per heavy atom. The molecule has 2 aliphatic rings. The Kier molecular flexibility index (Phi) is 4.28. The minimum atomic E-state index is 0.393. The molecular weight excluding hydrogens is 403 g/mol. The molecule has 0 aromatic carbocycles. The maximum absolute atomic E-state index is 4.41. The third-order valence-electron chi connectivity index (χ3n) is 4.42. The van der Waals surface area contributed by atoms with Crippen LogP contribution in [0.3, 0.4) is 0 Å². The fourth-order valence-electron chi connectivity index (χ4n) is 3.01. The summed E-state index contributed by atoms with van der Waals surface area (Å²) in [6.07, 6.45) is 9.48. The molecule has 2 aromatic rings. The predicted molar refractivity (Wildman–Crippen MR) is 97.4 cm³/mol.